The third kappa shape index (κ3) is 3.76. The minimum absolute atomic E-state index is 0.909. The highest BCUT2D eigenvalue weighted by molar-refractivity contribution is 6.01. The van der Waals surface area contributed by atoms with Crippen molar-refractivity contribution in [1.29, 1.82) is 0 Å². The van der Waals surface area contributed by atoms with Crippen LogP contribution in [-0.2, 0) is 0 Å². The number of benzene rings is 5. The molecule has 0 aliphatic rings. The lowest BCUT2D eigenvalue weighted by Gasteiger charge is -2.02. The largest absolute Gasteiger partial charge is 0.256 e. The number of hydrogen-bond acceptors (Lipinski definition) is 2. The van der Waals surface area contributed by atoms with Crippen molar-refractivity contribution in [1.82, 2.24) is 0 Å². The normalized spacial score (nSPS) is 11.7. The summed E-state index contributed by atoms with van der Waals surface area (Å²) in [5.74, 6) is 0. The van der Waals surface area contributed by atoms with Crippen LogP contribution in [0.15, 0.2) is 119 Å². The van der Waals surface area contributed by atoms with Gasteiger partial charge in [-0.25, -0.2) is 0 Å². The minimum Gasteiger partial charge on any atom is -0.256 e. The lowest BCUT2D eigenvalue weighted by Crippen LogP contribution is -1.84. The van der Waals surface area contributed by atoms with Gasteiger partial charge in [0.2, 0.25) is 0 Å². The fourth-order valence-corrected chi connectivity index (χ4v) is 3.64. The smallest absolute Gasteiger partial charge is 0.0631 e. The number of fused-ring (bicyclic) bond motifs is 2. The predicted molar refractivity (Wildman–Crippen MR) is 129 cm³/mol. The van der Waals surface area contributed by atoms with Gasteiger partial charge in [-0.2, -0.15) is 0 Å². The van der Waals surface area contributed by atoms with Crippen molar-refractivity contribution in [2.75, 3.05) is 0 Å². The summed E-state index contributed by atoms with van der Waals surface area (Å²) in [4.78, 5) is 9.30. The van der Waals surface area contributed by atoms with Gasteiger partial charge < -0.3 is 0 Å². The van der Waals surface area contributed by atoms with E-state index in [0.717, 1.165) is 22.5 Å². The minimum atomic E-state index is 0.909. The van der Waals surface area contributed by atoms with Crippen molar-refractivity contribution < 1.29 is 0 Å². The zero-order valence-electron chi connectivity index (χ0n) is 16.4. The second-order valence-corrected chi connectivity index (χ2v) is 7.17. The van der Waals surface area contributed by atoms with E-state index in [9.17, 15) is 0 Å². The molecule has 0 amide bonds. The molecule has 0 saturated carbocycles. The van der Waals surface area contributed by atoms with E-state index in [0.29, 0.717) is 0 Å². The van der Waals surface area contributed by atoms with E-state index in [1.165, 1.54) is 21.5 Å². The van der Waals surface area contributed by atoms with E-state index in [4.69, 9.17) is 0 Å². The Morgan fingerprint density at radius 3 is 1.27 bits per heavy atom. The first-order valence-electron chi connectivity index (χ1n) is 10.0. The van der Waals surface area contributed by atoms with Crippen molar-refractivity contribution in [3.8, 4) is 0 Å². The maximum atomic E-state index is 4.65. The lowest BCUT2D eigenvalue weighted by atomic mass is 10.1. The van der Waals surface area contributed by atoms with Crippen molar-refractivity contribution in [2.45, 2.75) is 0 Å². The van der Waals surface area contributed by atoms with E-state index < -0.39 is 0 Å². The summed E-state index contributed by atoms with van der Waals surface area (Å²) in [7, 11) is 0. The van der Waals surface area contributed by atoms with E-state index in [2.05, 4.69) is 94.9 Å². The zero-order chi connectivity index (χ0) is 20.2. The summed E-state index contributed by atoms with van der Waals surface area (Å²) in [5.41, 5.74) is 4.05. The van der Waals surface area contributed by atoms with Crippen LogP contribution >= 0.6 is 0 Å². The molecule has 0 fully saturated rings. The molecule has 0 bridgehead atoms. The fraction of sp³-hybridized carbons (Fsp3) is 0. The van der Waals surface area contributed by atoms with Crippen LogP contribution < -0.4 is 0 Å². The number of hydrogen-bond donors (Lipinski definition) is 0. The predicted octanol–water partition coefficient (Wildman–Crippen LogP) is 7.49. The highest BCUT2D eigenvalue weighted by atomic mass is 14.7. The Balaban J connectivity index is 1.36. The summed E-state index contributed by atoms with van der Waals surface area (Å²) in [6, 6.07) is 37.3. The average molecular weight is 384 g/mol. The van der Waals surface area contributed by atoms with Gasteiger partial charge in [-0.1, -0.05) is 84.9 Å². The van der Waals surface area contributed by atoms with Gasteiger partial charge in [0, 0.05) is 23.6 Å². The lowest BCUT2D eigenvalue weighted by molar-refractivity contribution is 1.48. The molecule has 5 rings (SSSR count). The molecular weight excluding hydrogens is 364 g/mol. The Labute approximate surface area is 175 Å². The molecule has 30 heavy (non-hydrogen) atoms. The molecule has 2 nitrogen and oxygen atoms in total. The molecular formula is C28H20N2. The summed E-state index contributed by atoms with van der Waals surface area (Å²) in [6.07, 6.45) is 3.85. The van der Waals surface area contributed by atoms with Gasteiger partial charge in [-0.05, 0) is 45.8 Å². The highest BCUT2D eigenvalue weighted by Gasteiger charge is 1.99. The maximum absolute atomic E-state index is 4.65. The van der Waals surface area contributed by atoms with Crippen LogP contribution in [0.3, 0.4) is 0 Å². The molecule has 2 heteroatoms. The van der Waals surface area contributed by atoms with Gasteiger partial charge in [-0.3, -0.25) is 9.98 Å². The maximum Gasteiger partial charge on any atom is 0.0631 e. The summed E-state index contributed by atoms with van der Waals surface area (Å²) in [6.45, 7) is 0. The third-order valence-electron chi connectivity index (χ3n) is 5.20. The average Bonchev–Trinajstić information content (AvgIpc) is 2.82. The van der Waals surface area contributed by atoms with Gasteiger partial charge in [-0.15, -0.1) is 0 Å². The van der Waals surface area contributed by atoms with Crippen LogP contribution in [0.4, 0.5) is 11.4 Å². The van der Waals surface area contributed by atoms with Gasteiger partial charge in [0.15, 0.2) is 0 Å². The molecule has 0 aromatic heterocycles. The summed E-state index contributed by atoms with van der Waals surface area (Å²) < 4.78 is 0. The molecule has 0 aliphatic carbocycles. The molecule has 0 heterocycles. The Morgan fingerprint density at radius 1 is 0.400 bits per heavy atom. The molecule has 5 aromatic rings. The van der Waals surface area contributed by atoms with Crippen molar-refractivity contribution in [3.63, 3.8) is 0 Å². The Morgan fingerprint density at radius 2 is 0.800 bits per heavy atom. The molecule has 5 aromatic carbocycles. The van der Waals surface area contributed by atoms with Crippen molar-refractivity contribution in [2.24, 2.45) is 9.98 Å². The Hall–Kier alpha value is -4.04. The Kier molecular flexibility index (Phi) is 4.89. The van der Waals surface area contributed by atoms with E-state index in [1.807, 2.05) is 36.7 Å². The molecule has 0 radical (unpaired) electrons. The van der Waals surface area contributed by atoms with Crippen LogP contribution in [0.1, 0.15) is 11.1 Å². The van der Waals surface area contributed by atoms with E-state index >= 15 is 0 Å². The molecule has 0 atom stereocenters. The first-order chi connectivity index (χ1) is 14.9. The zero-order valence-corrected chi connectivity index (χ0v) is 16.4. The number of rotatable bonds is 4. The number of aliphatic imine (C=N–C) groups is 2. The van der Waals surface area contributed by atoms with Gasteiger partial charge in [0.25, 0.3) is 0 Å². The topological polar surface area (TPSA) is 24.7 Å². The standard InChI is InChI=1S/C28H20N2/c1-3-13-27-21(7-1)9-5-11-23(27)19-29-25-15-17-26(18-16-25)30-20-24-12-6-10-22-8-2-4-14-28(22)24/h1-20H. The first-order valence-corrected chi connectivity index (χ1v) is 10.0. The molecule has 0 unspecified atom stereocenters. The first kappa shape index (κ1) is 18.0. The van der Waals surface area contributed by atoms with Crippen molar-refractivity contribution in [3.05, 3.63) is 120 Å². The van der Waals surface area contributed by atoms with Crippen LogP contribution in [0.25, 0.3) is 21.5 Å². The summed E-state index contributed by atoms with van der Waals surface area (Å²) in [5, 5.41) is 4.86. The quantitative estimate of drug-likeness (QED) is 0.287. The molecule has 0 aliphatic heterocycles. The SMILES string of the molecule is C(=Nc1ccc(N=Cc2cccc3ccccc23)cc1)c1cccc2ccccc12. The summed E-state index contributed by atoms with van der Waals surface area (Å²) >= 11 is 0. The van der Waals surface area contributed by atoms with Gasteiger partial charge in [0.05, 0.1) is 11.4 Å². The van der Waals surface area contributed by atoms with E-state index in [-0.39, 0.29) is 0 Å². The monoisotopic (exact) mass is 384 g/mol. The number of nitrogens with zero attached hydrogens (tertiary/aromatic N) is 2. The second kappa shape index (κ2) is 8.14. The van der Waals surface area contributed by atoms with Crippen molar-refractivity contribution >= 4 is 45.3 Å². The highest BCUT2D eigenvalue weighted by Crippen LogP contribution is 2.22. The van der Waals surface area contributed by atoms with Gasteiger partial charge >= 0.3 is 0 Å². The van der Waals surface area contributed by atoms with Crippen LogP contribution in [0.2, 0.25) is 0 Å². The van der Waals surface area contributed by atoms with Crippen LogP contribution in [0.5, 0.6) is 0 Å². The molecule has 0 N–H and O–H groups in total. The molecule has 0 saturated heterocycles. The fourth-order valence-electron chi connectivity index (χ4n) is 3.64. The Bertz CT molecular complexity index is 1260. The van der Waals surface area contributed by atoms with Crippen LogP contribution in [0, 0.1) is 0 Å². The van der Waals surface area contributed by atoms with Gasteiger partial charge in [0.1, 0.15) is 0 Å². The van der Waals surface area contributed by atoms with E-state index in [1.54, 1.807) is 0 Å². The second-order valence-electron chi connectivity index (χ2n) is 7.17. The van der Waals surface area contributed by atoms with Crippen LogP contribution in [-0.4, -0.2) is 12.4 Å². The molecule has 142 valence electrons. The third-order valence-corrected chi connectivity index (χ3v) is 5.20. The molecule has 0 spiro atoms.